The van der Waals surface area contributed by atoms with Crippen LogP contribution in [-0.2, 0) is 0 Å². The lowest BCUT2D eigenvalue weighted by Gasteiger charge is -2.53. The number of rotatable bonds is 6. The Hall–Kier alpha value is -2.44. The minimum atomic E-state index is -1.59. The summed E-state index contributed by atoms with van der Waals surface area (Å²) in [4.78, 5) is 0. The highest BCUT2D eigenvalue weighted by Gasteiger charge is 2.51. The summed E-state index contributed by atoms with van der Waals surface area (Å²) in [6.07, 6.45) is 3.01. The summed E-state index contributed by atoms with van der Waals surface area (Å²) < 4.78 is 42.2. The van der Waals surface area contributed by atoms with E-state index in [-0.39, 0.29) is 28.9 Å². The normalized spacial score (nSPS) is 28.8. The summed E-state index contributed by atoms with van der Waals surface area (Å²) in [5, 5.41) is 52.3. The van der Waals surface area contributed by atoms with Crippen LogP contribution in [0.3, 0.4) is 0 Å². The fourth-order valence-corrected chi connectivity index (χ4v) is 10.1. The largest absolute Gasteiger partial charge is 0.395 e. The van der Waals surface area contributed by atoms with Crippen LogP contribution >= 0.6 is 10.9 Å². The van der Waals surface area contributed by atoms with E-state index in [1.165, 1.54) is 10.9 Å². The van der Waals surface area contributed by atoms with Crippen LogP contribution in [0.15, 0.2) is 42.6 Å². The maximum Gasteiger partial charge on any atom is 0.194 e. The van der Waals surface area contributed by atoms with Gasteiger partial charge >= 0.3 is 0 Å². The molecule has 2 aliphatic rings. The van der Waals surface area contributed by atoms with E-state index in [1.807, 2.05) is 31.2 Å². The Balaban J connectivity index is 1.49. The molecule has 2 fully saturated rings. The van der Waals surface area contributed by atoms with Crippen molar-refractivity contribution in [1.29, 1.82) is 0 Å². The van der Waals surface area contributed by atoms with Crippen molar-refractivity contribution in [1.82, 2.24) is 15.0 Å². The summed E-state index contributed by atoms with van der Waals surface area (Å²) in [6, 6.07) is 8.42. The van der Waals surface area contributed by atoms with E-state index < -0.39 is 57.4 Å². The molecule has 3 aromatic rings. The molecule has 1 aliphatic heterocycles. The molecule has 1 saturated carbocycles. The number of aromatic nitrogens is 3. The molecule has 2 aromatic carbocycles. The van der Waals surface area contributed by atoms with Gasteiger partial charge in [-0.1, -0.05) is 48.7 Å². The first kappa shape index (κ1) is 28.1. The Morgan fingerprint density at radius 1 is 1.08 bits per heavy atom. The number of aryl methyl sites for hydroxylation is 1. The molecule has 4 N–H and O–H groups in total. The number of benzene rings is 2. The smallest absolute Gasteiger partial charge is 0.194 e. The topological polar surface area (TPSA) is 112 Å². The first-order chi connectivity index (χ1) is 18.6. The summed E-state index contributed by atoms with van der Waals surface area (Å²) in [5.41, 5.74) is 0.944. The SMILES string of the molecule is Cc1ccccc1[C@H]([SH]1C[C@H](O)[C@H](n2cc(-c3cc(F)c(F)c(F)c3)nn2)[C@@H](O)[C@H]1CO)C1(O)CCCCC1. The van der Waals surface area contributed by atoms with Gasteiger partial charge in [-0.2, -0.15) is 0 Å². The van der Waals surface area contributed by atoms with Crippen LogP contribution in [0.25, 0.3) is 11.3 Å². The van der Waals surface area contributed by atoms with Crippen LogP contribution in [-0.4, -0.2) is 70.8 Å². The van der Waals surface area contributed by atoms with Crippen molar-refractivity contribution in [2.45, 2.75) is 73.4 Å². The molecular weight excluding hydrogens is 531 g/mol. The highest BCUT2D eigenvalue weighted by molar-refractivity contribution is 8.18. The minimum Gasteiger partial charge on any atom is -0.395 e. The highest BCUT2D eigenvalue weighted by Crippen LogP contribution is 2.60. The third-order valence-electron chi connectivity index (χ3n) is 8.29. The van der Waals surface area contributed by atoms with Crippen LogP contribution in [0.1, 0.15) is 54.5 Å². The zero-order valence-corrected chi connectivity index (χ0v) is 22.5. The maximum absolute atomic E-state index is 13.8. The van der Waals surface area contributed by atoms with Crippen LogP contribution in [0.4, 0.5) is 13.2 Å². The molecule has 1 aliphatic carbocycles. The average Bonchev–Trinajstić information content (AvgIpc) is 3.38. The number of aliphatic hydroxyl groups is 4. The van der Waals surface area contributed by atoms with Gasteiger partial charge in [0.05, 0.1) is 30.6 Å². The predicted octanol–water partition coefficient (Wildman–Crippen LogP) is 3.75. The van der Waals surface area contributed by atoms with Crippen LogP contribution in [0, 0.1) is 24.4 Å². The molecule has 39 heavy (non-hydrogen) atoms. The lowest BCUT2D eigenvalue weighted by Crippen LogP contribution is -2.53. The number of thiol groups is 1. The quantitative estimate of drug-likeness (QED) is 0.230. The standard InChI is InChI=1S/C28H34F3N3O4S/c1-16-7-3-4-8-18(16)27(28(38)9-5-2-6-10-28)39-15-22(36)25(26(37)23(39)14-35)34-13-21(32-33-34)17-11-19(29)24(31)20(30)12-17/h3-4,7-8,11-13,22-23,25-27,35-39H,2,5-6,9-10,14-15H2,1H3/t22-,23+,25-,26-,27-/m0/s1. The molecule has 0 amide bonds. The van der Waals surface area contributed by atoms with E-state index in [1.54, 1.807) is 0 Å². The zero-order valence-electron chi connectivity index (χ0n) is 21.6. The maximum atomic E-state index is 13.8. The molecule has 212 valence electrons. The second kappa shape index (κ2) is 11.2. The highest BCUT2D eigenvalue weighted by atomic mass is 32.2. The molecule has 7 nitrogen and oxygen atoms in total. The van der Waals surface area contributed by atoms with Crippen molar-refractivity contribution in [3.63, 3.8) is 0 Å². The molecule has 0 radical (unpaired) electrons. The molecular formula is C28H34F3N3O4S. The van der Waals surface area contributed by atoms with Gasteiger partial charge in [-0.15, -0.1) is 5.10 Å². The van der Waals surface area contributed by atoms with E-state index in [9.17, 15) is 33.6 Å². The molecule has 2 heterocycles. The van der Waals surface area contributed by atoms with Gasteiger partial charge in [0.25, 0.3) is 0 Å². The third-order valence-corrected chi connectivity index (χ3v) is 11.8. The molecule has 6 atom stereocenters. The van der Waals surface area contributed by atoms with Gasteiger partial charge in [-0.05, 0) is 43.0 Å². The molecule has 0 spiro atoms. The van der Waals surface area contributed by atoms with Crippen molar-refractivity contribution < 1.29 is 33.6 Å². The second-order valence-electron chi connectivity index (χ2n) is 10.8. The number of hydrogen-bond acceptors (Lipinski definition) is 6. The van der Waals surface area contributed by atoms with E-state index in [0.29, 0.717) is 12.8 Å². The molecule has 5 rings (SSSR count). The van der Waals surface area contributed by atoms with Gasteiger partial charge in [-0.25, -0.2) is 28.7 Å². The van der Waals surface area contributed by atoms with Gasteiger partial charge in [0.15, 0.2) is 17.5 Å². The summed E-state index contributed by atoms with van der Waals surface area (Å²) >= 11 is 0. The first-order valence-electron chi connectivity index (χ1n) is 13.2. The van der Waals surface area contributed by atoms with E-state index in [4.69, 9.17) is 0 Å². The van der Waals surface area contributed by atoms with E-state index >= 15 is 0 Å². The fraction of sp³-hybridized carbons (Fsp3) is 0.500. The number of nitrogens with zero attached hydrogens (tertiary/aromatic N) is 3. The average molecular weight is 566 g/mol. The molecule has 1 aromatic heterocycles. The molecule has 1 saturated heterocycles. The number of hydrogen-bond donors (Lipinski definition) is 5. The molecule has 11 heteroatoms. The van der Waals surface area contributed by atoms with Crippen molar-refractivity contribution >= 4 is 10.9 Å². The zero-order chi connectivity index (χ0) is 27.9. The Morgan fingerprint density at radius 3 is 2.38 bits per heavy atom. The monoisotopic (exact) mass is 565 g/mol. The summed E-state index contributed by atoms with van der Waals surface area (Å²) in [6.45, 7) is 1.62. The van der Waals surface area contributed by atoms with Crippen LogP contribution in [0.2, 0.25) is 0 Å². The van der Waals surface area contributed by atoms with Crippen molar-refractivity contribution in [3.8, 4) is 11.3 Å². The van der Waals surface area contributed by atoms with Crippen molar-refractivity contribution in [2.75, 3.05) is 12.4 Å². The Kier molecular flexibility index (Phi) is 8.08. The van der Waals surface area contributed by atoms with Gasteiger partial charge in [0.1, 0.15) is 11.7 Å². The summed E-state index contributed by atoms with van der Waals surface area (Å²) in [7, 11) is -1.31. The summed E-state index contributed by atoms with van der Waals surface area (Å²) in [5.74, 6) is -4.10. The van der Waals surface area contributed by atoms with Crippen LogP contribution in [0.5, 0.6) is 0 Å². The van der Waals surface area contributed by atoms with E-state index in [0.717, 1.165) is 42.5 Å². The predicted molar refractivity (Wildman–Crippen MR) is 143 cm³/mol. The van der Waals surface area contributed by atoms with Crippen LogP contribution < -0.4 is 0 Å². The Labute approximate surface area is 227 Å². The van der Waals surface area contributed by atoms with Crippen molar-refractivity contribution in [2.24, 2.45) is 0 Å². The molecule has 1 unspecified atom stereocenters. The lowest BCUT2D eigenvalue weighted by atomic mass is 9.79. The number of halogens is 3. The van der Waals surface area contributed by atoms with Gasteiger partial charge in [-0.3, -0.25) is 0 Å². The third kappa shape index (κ3) is 5.22. The first-order valence-corrected chi connectivity index (χ1v) is 14.9. The lowest BCUT2D eigenvalue weighted by molar-refractivity contribution is -0.00734. The Bertz CT molecular complexity index is 1300. The fourth-order valence-electron chi connectivity index (χ4n) is 6.32. The Morgan fingerprint density at radius 2 is 1.74 bits per heavy atom. The van der Waals surface area contributed by atoms with Crippen molar-refractivity contribution in [3.05, 3.63) is 71.2 Å². The number of aliphatic hydroxyl groups excluding tert-OH is 3. The minimum absolute atomic E-state index is 0.0369. The second-order valence-corrected chi connectivity index (χ2v) is 13.3. The van der Waals surface area contributed by atoms with Gasteiger partial charge in [0.2, 0.25) is 0 Å². The van der Waals surface area contributed by atoms with E-state index in [2.05, 4.69) is 10.3 Å². The molecule has 0 bridgehead atoms. The van der Waals surface area contributed by atoms with Gasteiger partial charge < -0.3 is 20.4 Å². The van der Waals surface area contributed by atoms with Gasteiger partial charge in [0, 0.05) is 21.8 Å².